The Kier molecular flexibility index (Phi) is 56.8. The van der Waals surface area contributed by atoms with Crippen molar-refractivity contribution in [3.8, 4) is 0 Å². The molecule has 4 heteroatoms. The molecule has 0 fully saturated rings. The third kappa shape index (κ3) is 54.5. The monoisotopic (exact) mass is 946 g/mol. The van der Waals surface area contributed by atoms with Crippen molar-refractivity contribution in [3.05, 3.63) is 85.1 Å². The summed E-state index contributed by atoms with van der Waals surface area (Å²) in [5, 5.41) is 23.2. The minimum atomic E-state index is -0.873. The molecule has 394 valence electrons. The fourth-order valence-electron chi connectivity index (χ4n) is 8.85. The summed E-state index contributed by atoms with van der Waals surface area (Å²) in [7, 11) is 0. The van der Waals surface area contributed by atoms with Gasteiger partial charge >= 0.3 is 0 Å². The molecule has 0 aromatic carbocycles. The minimum absolute atomic E-state index is 0.0753. The van der Waals surface area contributed by atoms with E-state index in [1.54, 1.807) is 6.08 Å². The molecule has 0 aliphatic rings. The number of unbranched alkanes of at least 4 members (excludes halogenated alkanes) is 35. The normalized spacial score (nSPS) is 13.4. The van der Waals surface area contributed by atoms with Crippen LogP contribution in [0, 0.1) is 0 Å². The molecule has 0 aliphatic carbocycles. The number of hydrogen-bond donors (Lipinski definition) is 3. The van der Waals surface area contributed by atoms with Gasteiger partial charge in [-0.1, -0.05) is 292 Å². The predicted octanol–water partition coefficient (Wildman–Crippen LogP) is 19.9. The molecule has 4 nitrogen and oxygen atoms in total. The lowest BCUT2D eigenvalue weighted by Crippen LogP contribution is -2.45. The number of aliphatic hydroxyl groups excluding tert-OH is 2. The molecule has 2 unspecified atom stereocenters. The van der Waals surface area contributed by atoms with Gasteiger partial charge in [0.15, 0.2) is 0 Å². The largest absolute Gasteiger partial charge is 0.394 e. The van der Waals surface area contributed by atoms with Crippen molar-refractivity contribution in [2.24, 2.45) is 0 Å². The van der Waals surface area contributed by atoms with Gasteiger partial charge in [0.05, 0.1) is 18.8 Å². The first kappa shape index (κ1) is 65.6. The summed E-state index contributed by atoms with van der Waals surface area (Å²) in [4.78, 5) is 12.5. The highest BCUT2D eigenvalue weighted by Crippen LogP contribution is 2.17. The van der Waals surface area contributed by atoms with Crippen LogP contribution in [0.15, 0.2) is 85.1 Å². The topological polar surface area (TPSA) is 69.6 Å². The Balaban J connectivity index is 3.50. The van der Waals surface area contributed by atoms with E-state index in [0.29, 0.717) is 6.42 Å². The van der Waals surface area contributed by atoms with E-state index in [0.717, 1.165) is 64.2 Å². The molecule has 0 saturated carbocycles. The number of carbonyl (C=O) groups excluding carboxylic acids is 1. The van der Waals surface area contributed by atoms with Crippen molar-refractivity contribution in [3.63, 3.8) is 0 Å². The summed E-state index contributed by atoms with van der Waals surface area (Å²) in [6.07, 6.45) is 86.2. The molecule has 0 rings (SSSR count). The smallest absolute Gasteiger partial charge is 0.220 e. The van der Waals surface area contributed by atoms with Crippen molar-refractivity contribution in [2.75, 3.05) is 6.61 Å². The second-order valence-electron chi connectivity index (χ2n) is 20.0. The number of allylic oxidation sites excluding steroid dienone is 13. The maximum Gasteiger partial charge on any atom is 0.220 e. The zero-order valence-electron chi connectivity index (χ0n) is 45.4. The second kappa shape index (κ2) is 58.9. The highest BCUT2D eigenvalue weighted by molar-refractivity contribution is 5.76. The number of nitrogens with one attached hydrogen (secondary N) is 1. The molecule has 0 aromatic heterocycles. The van der Waals surface area contributed by atoms with Crippen LogP contribution in [0.4, 0.5) is 0 Å². The van der Waals surface area contributed by atoms with E-state index < -0.39 is 12.1 Å². The maximum atomic E-state index is 12.5. The van der Waals surface area contributed by atoms with Crippen LogP contribution in [-0.4, -0.2) is 34.9 Å². The summed E-state index contributed by atoms with van der Waals surface area (Å²) in [5.41, 5.74) is 0. The zero-order valence-corrected chi connectivity index (χ0v) is 45.4. The van der Waals surface area contributed by atoms with Crippen LogP contribution >= 0.6 is 0 Å². The second-order valence-corrected chi connectivity index (χ2v) is 20.0. The molecule has 0 heterocycles. The summed E-state index contributed by atoms with van der Waals surface area (Å²) < 4.78 is 0. The van der Waals surface area contributed by atoms with Gasteiger partial charge in [-0.3, -0.25) is 4.79 Å². The third-order valence-corrected chi connectivity index (χ3v) is 13.3. The van der Waals surface area contributed by atoms with Gasteiger partial charge in [-0.2, -0.15) is 0 Å². The van der Waals surface area contributed by atoms with Gasteiger partial charge in [-0.05, 0) is 83.5 Å². The van der Waals surface area contributed by atoms with Gasteiger partial charge in [0, 0.05) is 6.42 Å². The van der Waals surface area contributed by atoms with Crippen LogP contribution in [0.1, 0.15) is 296 Å². The average molecular weight is 947 g/mol. The van der Waals surface area contributed by atoms with Crippen molar-refractivity contribution >= 4 is 5.91 Å². The fraction of sp³-hybridized carbons (Fsp3) is 0.766. The molecule has 0 radical (unpaired) electrons. The van der Waals surface area contributed by atoms with Crippen LogP contribution in [-0.2, 0) is 4.79 Å². The van der Waals surface area contributed by atoms with E-state index in [2.05, 4.69) is 92.1 Å². The maximum absolute atomic E-state index is 12.5. The Labute approximate surface area is 424 Å². The van der Waals surface area contributed by atoms with E-state index in [-0.39, 0.29) is 12.5 Å². The SMILES string of the molecule is CC/C=C\C/C=C\C/C=C\C/C=C\CCCCCCCCCCCCCCCCCCCCCCCCC(=O)NC(CO)C(O)/C=C/CC/C=C/CC/C=C/CCCCCCCCCCCCC. The summed E-state index contributed by atoms with van der Waals surface area (Å²) in [5.74, 6) is -0.0753. The number of amides is 1. The number of hydrogen-bond acceptors (Lipinski definition) is 3. The first-order valence-corrected chi connectivity index (χ1v) is 29.8. The average Bonchev–Trinajstić information content (AvgIpc) is 3.34. The Morgan fingerprint density at radius 3 is 1.03 bits per heavy atom. The number of aliphatic hydroxyl groups is 2. The lowest BCUT2D eigenvalue weighted by atomic mass is 10.0. The lowest BCUT2D eigenvalue weighted by molar-refractivity contribution is -0.123. The first-order valence-electron chi connectivity index (χ1n) is 29.8. The van der Waals surface area contributed by atoms with Gasteiger partial charge in [-0.25, -0.2) is 0 Å². The Hall–Kier alpha value is -2.43. The van der Waals surface area contributed by atoms with Crippen molar-refractivity contribution in [1.29, 1.82) is 0 Å². The van der Waals surface area contributed by atoms with E-state index in [1.165, 1.54) is 212 Å². The highest BCUT2D eigenvalue weighted by Gasteiger charge is 2.18. The summed E-state index contributed by atoms with van der Waals surface area (Å²) in [6, 6.07) is -0.648. The molecule has 1 amide bonds. The summed E-state index contributed by atoms with van der Waals surface area (Å²) >= 11 is 0. The van der Waals surface area contributed by atoms with E-state index in [1.807, 2.05) is 6.08 Å². The van der Waals surface area contributed by atoms with Gasteiger partial charge in [-0.15, -0.1) is 0 Å². The van der Waals surface area contributed by atoms with Crippen LogP contribution in [0.5, 0.6) is 0 Å². The van der Waals surface area contributed by atoms with Gasteiger partial charge < -0.3 is 15.5 Å². The molecule has 0 saturated heterocycles. The Morgan fingerprint density at radius 2 is 0.662 bits per heavy atom. The van der Waals surface area contributed by atoms with Crippen molar-refractivity contribution < 1.29 is 15.0 Å². The van der Waals surface area contributed by atoms with Crippen LogP contribution < -0.4 is 5.32 Å². The van der Waals surface area contributed by atoms with E-state index in [4.69, 9.17) is 0 Å². The van der Waals surface area contributed by atoms with Gasteiger partial charge in [0.2, 0.25) is 5.91 Å². The zero-order chi connectivity index (χ0) is 49.2. The number of carbonyl (C=O) groups is 1. The molecule has 0 aliphatic heterocycles. The predicted molar refractivity (Wildman–Crippen MR) is 303 cm³/mol. The minimum Gasteiger partial charge on any atom is -0.394 e. The van der Waals surface area contributed by atoms with Crippen LogP contribution in [0.3, 0.4) is 0 Å². The highest BCUT2D eigenvalue weighted by atomic mass is 16.3. The molecule has 68 heavy (non-hydrogen) atoms. The Morgan fingerprint density at radius 1 is 0.368 bits per heavy atom. The van der Waals surface area contributed by atoms with E-state index >= 15 is 0 Å². The molecule has 0 aromatic rings. The van der Waals surface area contributed by atoms with Crippen molar-refractivity contribution in [1.82, 2.24) is 5.32 Å². The van der Waals surface area contributed by atoms with Crippen molar-refractivity contribution in [2.45, 2.75) is 309 Å². The molecule has 2 atom stereocenters. The summed E-state index contributed by atoms with van der Waals surface area (Å²) in [6.45, 7) is 4.20. The molecular weight excluding hydrogens is 831 g/mol. The molecule has 0 bridgehead atoms. The molecule has 3 N–H and O–H groups in total. The fourth-order valence-corrected chi connectivity index (χ4v) is 8.85. The quantitative estimate of drug-likeness (QED) is 0.0420. The molecular formula is C64H115NO3. The van der Waals surface area contributed by atoms with Crippen LogP contribution in [0.2, 0.25) is 0 Å². The van der Waals surface area contributed by atoms with Crippen LogP contribution in [0.25, 0.3) is 0 Å². The standard InChI is InChI=1S/C64H115NO3/c1-3-5-7-9-11-13-15-17-19-21-23-25-26-27-28-29-30-31-32-33-34-35-36-37-38-40-42-44-46-48-50-52-54-56-58-60-64(68)65-62(61-66)63(67)59-57-55-53-51-49-47-45-43-41-39-24-22-20-18-16-14-12-10-8-6-4-2/h5,7,11,13,17,19,23,25,41,43,49,51,57,59,62-63,66-67H,3-4,6,8-10,12,14-16,18,20-22,24,26-40,42,44-48,50,52-56,58,60-61H2,1-2H3,(H,65,68)/b7-5-,13-11-,19-17-,25-23-,43-41+,51-49+,59-57+. The van der Waals surface area contributed by atoms with Gasteiger partial charge in [0.1, 0.15) is 0 Å². The van der Waals surface area contributed by atoms with Gasteiger partial charge in [0.25, 0.3) is 0 Å². The third-order valence-electron chi connectivity index (χ3n) is 13.3. The molecule has 0 spiro atoms. The Bertz CT molecular complexity index is 1210. The first-order chi connectivity index (χ1) is 33.7. The van der Waals surface area contributed by atoms with E-state index in [9.17, 15) is 15.0 Å². The number of rotatable bonds is 54. The lowest BCUT2D eigenvalue weighted by Gasteiger charge is -2.19.